The first-order valence-corrected chi connectivity index (χ1v) is 9.57. The minimum Gasteiger partial charge on any atom is -0.366 e. The summed E-state index contributed by atoms with van der Waals surface area (Å²) in [5, 5.41) is 3.45. The van der Waals surface area contributed by atoms with Crippen molar-refractivity contribution in [3.63, 3.8) is 0 Å². The Bertz CT molecular complexity index is 957. The van der Waals surface area contributed by atoms with E-state index in [4.69, 9.17) is 17.3 Å². The number of carbonyl (C=O) groups is 2. The van der Waals surface area contributed by atoms with Gasteiger partial charge in [0, 0.05) is 21.2 Å². The molecule has 3 aromatic carbocycles. The predicted molar refractivity (Wildman–Crippen MR) is 110 cm³/mol. The summed E-state index contributed by atoms with van der Waals surface area (Å²) in [5.41, 5.74) is 7.63. The molecule has 0 aromatic heterocycles. The van der Waals surface area contributed by atoms with Crippen molar-refractivity contribution in [2.45, 2.75) is 10.6 Å². The van der Waals surface area contributed by atoms with Crippen LogP contribution in [0.5, 0.6) is 0 Å². The first-order chi connectivity index (χ1) is 13.0. The second-order valence-corrected chi connectivity index (χ2v) is 7.29. The molecule has 0 heterocycles. The van der Waals surface area contributed by atoms with Crippen molar-refractivity contribution in [2.24, 2.45) is 5.73 Å². The van der Waals surface area contributed by atoms with Gasteiger partial charge in [-0.3, -0.25) is 9.59 Å². The molecule has 4 nitrogen and oxygen atoms in total. The van der Waals surface area contributed by atoms with E-state index >= 15 is 0 Å². The van der Waals surface area contributed by atoms with Crippen molar-refractivity contribution >= 4 is 40.9 Å². The van der Waals surface area contributed by atoms with Crippen LogP contribution in [0, 0.1) is 0 Å². The number of nitrogens with two attached hydrogens (primary N) is 1. The van der Waals surface area contributed by atoms with E-state index in [1.807, 2.05) is 36.4 Å². The van der Waals surface area contributed by atoms with E-state index in [1.54, 1.807) is 48.2 Å². The normalized spacial score (nSPS) is 10.4. The third-order valence-corrected chi connectivity index (χ3v) is 5.21. The summed E-state index contributed by atoms with van der Waals surface area (Å²) in [5.74, 6) is -0.0882. The molecule has 3 N–H and O–H groups in total. The summed E-state index contributed by atoms with van der Waals surface area (Å²) in [6, 6.07) is 21.7. The van der Waals surface area contributed by atoms with E-state index < -0.39 is 5.91 Å². The zero-order valence-corrected chi connectivity index (χ0v) is 15.9. The van der Waals surface area contributed by atoms with Gasteiger partial charge in [0.15, 0.2) is 0 Å². The molecule has 0 aliphatic rings. The Morgan fingerprint density at radius 2 is 1.59 bits per heavy atom. The smallest absolute Gasteiger partial charge is 0.255 e. The Morgan fingerprint density at radius 3 is 2.26 bits per heavy atom. The zero-order valence-electron chi connectivity index (χ0n) is 14.3. The number of rotatable bonds is 6. The Hall–Kier alpha value is -2.76. The number of anilines is 1. The van der Waals surface area contributed by atoms with Crippen molar-refractivity contribution in [1.82, 2.24) is 0 Å². The number of thioether (sulfide) groups is 1. The minimum absolute atomic E-state index is 0.279. The summed E-state index contributed by atoms with van der Waals surface area (Å²) in [4.78, 5) is 25.0. The molecule has 27 heavy (non-hydrogen) atoms. The van der Waals surface area contributed by atoms with Crippen LogP contribution in [0.2, 0.25) is 5.02 Å². The lowest BCUT2D eigenvalue weighted by Gasteiger charge is -2.09. The molecule has 6 heteroatoms. The molecule has 3 rings (SSSR count). The van der Waals surface area contributed by atoms with Gasteiger partial charge in [0.05, 0.1) is 11.3 Å². The lowest BCUT2D eigenvalue weighted by atomic mass is 10.1. The molecule has 0 bridgehead atoms. The number of amides is 2. The van der Waals surface area contributed by atoms with Crippen LogP contribution in [0.15, 0.2) is 77.7 Å². The quantitative estimate of drug-likeness (QED) is 0.577. The molecule has 0 saturated heterocycles. The molecule has 0 spiro atoms. The van der Waals surface area contributed by atoms with Gasteiger partial charge >= 0.3 is 0 Å². The maximum absolute atomic E-state index is 12.4. The average molecular weight is 397 g/mol. The summed E-state index contributed by atoms with van der Waals surface area (Å²) >= 11 is 7.58. The van der Waals surface area contributed by atoms with Crippen LogP contribution in [0.1, 0.15) is 26.3 Å². The van der Waals surface area contributed by atoms with Crippen LogP contribution in [0.25, 0.3) is 0 Å². The monoisotopic (exact) mass is 396 g/mol. The number of halogens is 1. The fourth-order valence-corrected chi connectivity index (χ4v) is 3.43. The van der Waals surface area contributed by atoms with Gasteiger partial charge in [-0.1, -0.05) is 35.9 Å². The molecule has 0 aliphatic heterocycles. The molecule has 0 fully saturated rings. The average Bonchev–Trinajstić information content (AvgIpc) is 2.68. The highest BCUT2D eigenvalue weighted by Gasteiger charge is 2.11. The highest BCUT2D eigenvalue weighted by Crippen LogP contribution is 2.24. The lowest BCUT2D eigenvalue weighted by Crippen LogP contribution is -2.18. The number of nitrogens with one attached hydrogen (secondary N) is 1. The maximum Gasteiger partial charge on any atom is 0.255 e. The fourth-order valence-electron chi connectivity index (χ4n) is 2.45. The molecule has 3 aromatic rings. The maximum atomic E-state index is 12.4. The Kier molecular flexibility index (Phi) is 6.16. The topological polar surface area (TPSA) is 72.2 Å². The van der Waals surface area contributed by atoms with Crippen LogP contribution in [0.4, 0.5) is 5.69 Å². The summed E-state index contributed by atoms with van der Waals surface area (Å²) in [7, 11) is 0. The zero-order chi connectivity index (χ0) is 19.2. The highest BCUT2D eigenvalue weighted by atomic mass is 35.5. The molecule has 0 unspecified atom stereocenters. The molecular formula is C21H17ClN2O2S. The highest BCUT2D eigenvalue weighted by molar-refractivity contribution is 7.98. The standard InChI is InChI=1S/C21H17ClN2O2S/c22-16-9-11-17(12-10-16)27-13-14-5-7-15(8-6-14)21(26)24-19-4-2-1-3-18(19)20(23)25/h1-12H,13H2,(H2,23,25)(H,24,26). The number of carbonyl (C=O) groups excluding carboxylic acids is 2. The van der Waals surface area contributed by atoms with Crippen molar-refractivity contribution < 1.29 is 9.59 Å². The van der Waals surface area contributed by atoms with Crippen LogP contribution in [0.3, 0.4) is 0 Å². The predicted octanol–water partition coefficient (Wildman–Crippen LogP) is 4.98. The van der Waals surface area contributed by atoms with E-state index in [0.29, 0.717) is 16.3 Å². The molecular weight excluding hydrogens is 380 g/mol. The summed E-state index contributed by atoms with van der Waals surface area (Å²) < 4.78 is 0. The van der Waals surface area contributed by atoms with Gasteiger partial charge in [0.25, 0.3) is 11.8 Å². The van der Waals surface area contributed by atoms with Gasteiger partial charge < -0.3 is 11.1 Å². The van der Waals surface area contributed by atoms with E-state index in [1.165, 1.54) is 0 Å². The van der Waals surface area contributed by atoms with E-state index in [2.05, 4.69) is 5.32 Å². The van der Waals surface area contributed by atoms with Gasteiger partial charge in [0.1, 0.15) is 0 Å². The Balaban J connectivity index is 1.64. The first kappa shape index (κ1) is 19.0. The third kappa shape index (κ3) is 5.12. The summed E-state index contributed by atoms with van der Waals surface area (Å²) in [6.45, 7) is 0. The molecule has 0 atom stereocenters. The molecule has 0 radical (unpaired) electrons. The van der Waals surface area contributed by atoms with Crippen LogP contribution < -0.4 is 11.1 Å². The largest absolute Gasteiger partial charge is 0.366 e. The molecule has 0 aliphatic carbocycles. The van der Waals surface area contributed by atoms with E-state index in [0.717, 1.165) is 16.2 Å². The van der Waals surface area contributed by atoms with Gasteiger partial charge in [0.2, 0.25) is 0 Å². The SMILES string of the molecule is NC(=O)c1ccccc1NC(=O)c1ccc(CSc2ccc(Cl)cc2)cc1. The van der Waals surface area contributed by atoms with Crippen LogP contribution in [-0.2, 0) is 5.75 Å². The molecule has 2 amide bonds. The molecule has 0 saturated carbocycles. The number of hydrogen-bond donors (Lipinski definition) is 2. The number of hydrogen-bond acceptors (Lipinski definition) is 3. The van der Waals surface area contributed by atoms with Crippen molar-refractivity contribution in [3.05, 3.63) is 94.5 Å². The number of benzene rings is 3. The second kappa shape index (κ2) is 8.75. The van der Waals surface area contributed by atoms with Crippen LogP contribution in [-0.4, -0.2) is 11.8 Å². The lowest BCUT2D eigenvalue weighted by molar-refractivity contribution is 0.100. The van der Waals surface area contributed by atoms with Gasteiger partial charge in [-0.2, -0.15) is 0 Å². The fraction of sp³-hybridized carbons (Fsp3) is 0.0476. The first-order valence-electron chi connectivity index (χ1n) is 8.20. The van der Waals surface area contributed by atoms with Crippen LogP contribution >= 0.6 is 23.4 Å². The van der Waals surface area contributed by atoms with Crippen molar-refractivity contribution in [3.8, 4) is 0 Å². The minimum atomic E-state index is -0.583. The van der Waals surface area contributed by atoms with Gasteiger partial charge in [-0.25, -0.2) is 0 Å². The number of primary amides is 1. The van der Waals surface area contributed by atoms with Crippen molar-refractivity contribution in [2.75, 3.05) is 5.32 Å². The van der Waals surface area contributed by atoms with Gasteiger partial charge in [-0.15, -0.1) is 11.8 Å². The Morgan fingerprint density at radius 1 is 0.926 bits per heavy atom. The van der Waals surface area contributed by atoms with E-state index in [9.17, 15) is 9.59 Å². The van der Waals surface area contributed by atoms with Crippen molar-refractivity contribution in [1.29, 1.82) is 0 Å². The molecule has 136 valence electrons. The summed E-state index contributed by atoms with van der Waals surface area (Å²) in [6.07, 6.45) is 0. The second-order valence-electron chi connectivity index (χ2n) is 5.80. The third-order valence-electron chi connectivity index (χ3n) is 3.88. The van der Waals surface area contributed by atoms with E-state index in [-0.39, 0.29) is 11.5 Å². The van der Waals surface area contributed by atoms with Gasteiger partial charge in [-0.05, 0) is 54.1 Å². The Labute approximate surface area is 166 Å². The number of para-hydroxylation sites is 1.